The van der Waals surface area contributed by atoms with Crippen molar-refractivity contribution in [3.05, 3.63) is 59.7 Å². The van der Waals surface area contributed by atoms with Gasteiger partial charge in [0.05, 0.1) is 5.69 Å². The Balaban J connectivity index is 1.79. The molecule has 5 nitrogen and oxygen atoms in total. The van der Waals surface area contributed by atoms with E-state index in [9.17, 15) is 9.90 Å². The van der Waals surface area contributed by atoms with Crippen molar-refractivity contribution in [2.45, 2.75) is 31.7 Å². The highest BCUT2D eigenvalue weighted by atomic mass is 16.4. The molecule has 2 aromatic rings. The number of aryl methyl sites for hydroxylation is 1. The molecular weight excluding hydrogens is 290 g/mol. The number of nitrogens with zero attached hydrogens (tertiary/aromatic N) is 3. The maximum Gasteiger partial charge on any atom is 0.315 e. The number of likely N-dealkylation sites (tertiary alicyclic amines) is 1. The van der Waals surface area contributed by atoms with Crippen molar-refractivity contribution < 1.29 is 9.90 Å². The van der Waals surface area contributed by atoms with E-state index < -0.39 is 11.4 Å². The van der Waals surface area contributed by atoms with Gasteiger partial charge in [0.1, 0.15) is 11.2 Å². The molecule has 0 saturated carbocycles. The summed E-state index contributed by atoms with van der Waals surface area (Å²) in [5.41, 5.74) is 1.01. The van der Waals surface area contributed by atoms with Crippen LogP contribution in [0.3, 0.4) is 0 Å². The van der Waals surface area contributed by atoms with Gasteiger partial charge in [0, 0.05) is 32.3 Å². The van der Waals surface area contributed by atoms with E-state index in [-0.39, 0.29) is 0 Å². The van der Waals surface area contributed by atoms with Gasteiger partial charge in [-0.15, -0.1) is 0 Å². The van der Waals surface area contributed by atoms with E-state index in [1.807, 2.05) is 43.3 Å². The van der Waals surface area contributed by atoms with Crippen LogP contribution in [-0.4, -0.2) is 39.0 Å². The van der Waals surface area contributed by atoms with Gasteiger partial charge >= 0.3 is 5.97 Å². The third-order valence-corrected chi connectivity index (χ3v) is 4.55. The molecule has 1 saturated heterocycles. The Bertz CT molecular complexity index is 690. The average molecular weight is 311 g/mol. The lowest BCUT2D eigenvalue weighted by Gasteiger charge is -2.25. The van der Waals surface area contributed by atoms with Crippen LogP contribution in [0.4, 0.5) is 0 Å². The van der Waals surface area contributed by atoms with Gasteiger partial charge in [-0.1, -0.05) is 37.3 Å². The Kier molecular flexibility index (Phi) is 4.39. The largest absolute Gasteiger partial charge is 0.481 e. The predicted octanol–water partition coefficient (Wildman–Crippen LogP) is 2.27. The molecule has 0 amide bonds. The van der Waals surface area contributed by atoms with E-state index in [1.165, 1.54) is 0 Å². The fourth-order valence-electron chi connectivity index (χ4n) is 3.24. The normalized spacial score (nSPS) is 21.4. The van der Waals surface area contributed by atoms with Crippen LogP contribution in [-0.2, 0) is 23.2 Å². The monoisotopic (exact) mass is 311 g/mol. The Labute approximate surface area is 136 Å². The molecule has 1 aromatic carbocycles. The molecule has 1 N–H and O–H groups in total. The Hall–Kier alpha value is -2.27. The van der Waals surface area contributed by atoms with Crippen molar-refractivity contribution in [2.24, 2.45) is 0 Å². The molecule has 120 valence electrons. The second kappa shape index (κ2) is 6.46. The van der Waals surface area contributed by atoms with Gasteiger partial charge in [-0.05, 0) is 18.1 Å². The maximum absolute atomic E-state index is 12.0. The van der Waals surface area contributed by atoms with Gasteiger partial charge in [0.2, 0.25) is 0 Å². The molecule has 1 fully saturated rings. The standard InChI is InChI=1S/C18H21N3O2/c1-2-16-19-10-8-15(20-16)12-21-11-9-18(13-21,17(22)23)14-6-4-3-5-7-14/h3-8,10H,2,9,11-13H2,1H3,(H,22,23). The minimum absolute atomic E-state index is 0.512. The van der Waals surface area contributed by atoms with Gasteiger partial charge < -0.3 is 5.11 Å². The highest BCUT2D eigenvalue weighted by Gasteiger charge is 2.46. The van der Waals surface area contributed by atoms with E-state index in [0.717, 1.165) is 30.0 Å². The van der Waals surface area contributed by atoms with Gasteiger partial charge in [-0.2, -0.15) is 0 Å². The average Bonchev–Trinajstić information content (AvgIpc) is 3.01. The Morgan fingerprint density at radius 1 is 1.30 bits per heavy atom. The summed E-state index contributed by atoms with van der Waals surface area (Å²) in [6, 6.07) is 11.5. The van der Waals surface area contributed by atoms with E-state index >= 15 is 0 Å². The zero-order chi connectivity index (χ0) is 16.3. The molecule has 2 heterocycles. The summed E-state index contributed by atoms with van der Waals surface area (Å²) in [6.45, 7) is 3.96. The molecular formula is C18H21N3O2. The molecule has 0 aliphatic carbocycles. The third-order valence-electron chi connectivity index (χ3n) is 4.55. The lowest BCUT2D eigenvalue weighted by molar-refractivity contribution is -0.143. The third kappa shape index (κ3) is 3.10. The number of rotatable bonds is 5. The lowest BCUT2D eigenvalue weighted by atomic mass is 9.80. The summed E-state index contributed by atoms with van der Waals surface area (Å²) in [5, 5.41) is 9.83. The molecule has 1 aliphatic heterocycles. The number of aliphatic carboxylic acids is 1. The first kappa shape index (κ1) is 15.6. The highest BCUT2D eigenvalue weighted by Crippen LogP contribution is 2.35. The predicted molar refractivity (Wildman–Crippen MR) is 87.1 cm³/mol. The van der Waals surface area contributed by atoms with Gasteiger partial charge in [-0.25, -0.2) is 9.97 Å². The molecule has 3 rings (SSSR count). The first-order valence-electron chi connectivity index (χ1n) is 7.96. The molecule has 23 heavy (non-hydrogen) atoms. The fraction of sp³-hybridized carbons (Fsp3) is 0.389. The summed E-state index contributed by atoms with van der Waals surface area (Å²) in [7, 11) is 0. The second-order valence-corrected chi connectivity index (χ2v) is 6.03. The van der Waals surface area contributed by atoms with Crippen molar-refractivity contribution in [3.63, 3.8) is 0 Å². The number of carboxylic acid groups (broad SMARTS) is 1. The molecule has 0 radical (unpaired) electrons. The van der Waals surface area contributed by atoms with E-state index in [0.29, 0.717) is 19.5 Å². The minimum Gasteiger partial charge on any atom is -0.481 e. The fourth-order valence-corrected chi connectivity index (χ4v) is 3.24. The van der Waals surface area contributed by atoms with E-state index in [4.69, 9.17) is 0 Å². The van der Waals surface area contributed by atoms with Gasteiger partial charge in [0.25, 0.3) is 0 Å². The summed E-state index contributed by atoms with van der Waals surface area (Å²) in [5.74, 6) is 0.0809. The molecule has 0 bridgehead atoms. The van der Waals surface area contributed by atoms with Crippen LogP contribution in [0.2, 0.25) is 0 Å². The van der Waals surface area contributed by atoms with Gasteiger partial charge in [-0.3, -0.25) is 9.69 Å². The highest BCUT2D eigenvalue weighted by molar-refractivity contribution is 5.82. The Morgan fingerprint density at radius 2 is 2.09 bits per heavy atom. The molecule has 1 aromatic heterocycles. The zero-order valence-corrected chi connectivity index (χ0v) is 13.3. The first-order chi connectivity index (χ1) is 11.1. The van der Waals surface area contributed by atoms with Crippen LogP contribution in [0.15, 0.2) is 42.6 Å². The number of hydrogen-bond donors (Lipinski definition) is 1. The van der Waals surface area contributed by atoms with E-state index in [1.54, 1.807) is 6.20 Å². The van der Waals surface area contributed by atoms with Crippen molar-refractivity contribution in [3.8, 4) is 0 Å². The van der Waals surface area contributed by atoms with Crippen molar-refractivity contribution >= 4 is 5.97 Å². The minimum atomic E-state index is -0.818. The van der Waals surface area contributed by atoms with Crippen LogP contribution in [0.1, 0.15) is 30.4 Å². The number of hydrogen-bond acceptors (Lipinski definition) is 4. The SMILES string of the molecule is CCc1nccc(CN2CCC(C(=O)O)(c3ccccc3)C2)n1. The number of carbonyl (C=O) groups is 1. The number of aromatic nitrogens is 2. The molecule has 0 spiro atoms. The number of carboxylic acids is 1. The summed E-state index contributed by atoms with van der Waals surface area (Å²) in [6.07, 6.45) is 3.20. The van der Waals surface area contributed by atoms with E-state index in [2.05, 4.69) is 14.9 Å². The second-order valence-electron chi connectivity index (χ2n) is 6.03. The Morgan fingerprint density at radius 3 is 2.78 bits per heavy atom. The number of benzene rings is 1. The summed E-state index contributed by atoms with van der Waals surface area (Å²) < 4.78 is 0. The van der Waals surface area contributed by atoms with Crippen molar-refractivity contribution in [2.75, 3.05) is 13.1 Å². The van der Waals surface area contributed by atoms with Crippen LogP contribution >= 0.6 is 0 Å². The van der Waals surface area contributed by atoms with Crippen LogP contribution in [0.25, 0.3) is 0 Å². The van der Waals surface area contributed by atoms with Crippen LogP contribution in [0.5, 0.6) is 0 Å². The van der Waals surface area contributed by atoms with Crippen LogP contribution in [0, 0.1) is 0 Å². The van der Waals surface area contributed by atoms with Crippen molar-refractivity contribution in [1.29, 1.82) is 0 Å². The first-order valence-corrected chi connectivity index (χ1v) is 7.96. The zero-order valence-electron chi connectivity index (χ0n) is 13.3. The van der Waals surface area contributed by atoms with Crippen molar-refractivity contribution in [1.82, 2.24) is 14.9 Å². The van der Waals surface area contributed by atoms with Crippen LogP contribution < -0.4 is 0 Å². The molecule has 1 unspecified atom stereocenters. The smallest absolute Gasteiger partial charge is 0.315 e. The quantitative estimate of drug-likeness (QED) is 0.917. The molecule has 1 aliphatic rings. The summed E-state index contributed by atoms with van der Waals surface area (Å²) in [4.78, 5) is 22.9. The molecule has 1 atom stereocenters. The van der Waals surface area contributed by atoms with Gasteiger partial charge in [0.15, 0.2) is 0 Å². The lowest BCUT2D eigenvalue weighted by Crippen LogP contribution is -2.38. The topological polar surface area (TPSA) is 66.3 Å². The molecule has 5 heteroatoms. The maximum atomic E-state index is 12.0. The summed E-state index contributed by atoms with van der Waals surface area (Å²) >= 11 is 0.